The predicted molar refractivity (Wildman–Crippen MR) is 219 cm³/mol. The number of nitrogens with two attached hydrogens (primary N) is 1. The van der Waals surface area contributed by atoms with Crippen LogP contribution in [0.2, 0.25) is 0 Å². The predicted octanol–water partition coefficient (Wildman–Crippen LogP) is 5.99. The van der Waals surface area contributed by atoms with Crippen LogP contribution in [0.4, 0.5) is 0 Å². The zero-order valence-corrected chi connectivity index (χ0v) is 32.6. The Morgan fingerprint density at radius 3 is 1.35 bits per heavy atom. The van der Waals surface area contributed by atoms with Crippen molar-refractivity contribution in [3.63, 3.8) is 0 Å². The number of benzene rings is 4. The molecular weight excluding hydrogens is 725 g/mol. The Labute approximate surface area is 334 Å². The third-order valence-corrected chi connectivity index (χ3v) is 9.68. The lowest BCUT2D eigenvalue weighted by atomic mass is 10.0. The molecular formula is C45H56N4O8. The minimum Gasteiger partial charge on any atom is -0.508 e. The van der Waals surface area contributed by atoms with Crippen molar-refractivity contribution in [3.05, 3.63) is 119 Å². The van der Waals surface area contributed by atoms with Crippen molar-refractivity contribution in [3.8, 4) is 23.0 Å². The standard InChI is InChI=1S/C45H56N4O8/c1-2-3-4-5-6-7-8-9-10-27-57-38-25-17-34(18-26-38)43(54)48-40(29-32-13-21-36(51)22-14-32)45(56)49-41(30-33-15-23-37(52)24-16-33)44(55)47-39(42(46)53)28-31-11-19-35(50)20-12-31/h11-26,39-41,50-52H,2-10,27-30H2,1H3,(H2,46,53)(H,47,55)(H,48,54)(H,49,56)/t39-,40-,41-/m0/s1. The van der Waals surface area contributed by atoms with E-state index in [1.807, 2.05) is 0 Å². The highest BCUT2D eigenvalue weighted by Gasteiger charge is 2.30. The van der Waals surface area contributed by atoms with Gasteiger partial charge in [-0.1, -0.05) is 94.7 Å². The van der Waals surface area contributed by atoms with E-state index in [0.717, 1.165) is 12.8 Å². The topological polar surface area (TPSA) is 200 Å². The van der Waals surface area contributed by atoms with Crippen LogP contribution in [0, 0.1) is 0 Å². The lowest BCUT2D eigenvalue weighted by Crippen LogP contribution is -2.57. The third-order valence-electron chi connectivity index (χ3n) is 9.68. The SMILES string of the molecule is CCCCCCCCCCCOc1ccc(C(=O)N[C@@H](Cc2ccc(O)cc2)C(=O)N[C@@H](Cc2ccc(O)cc2)C(=O)N[C@@H](Cc2ccc(O)cc2)C(N)=O)cc1. The molecule has 0 aromatic heterocycles. The third kappa shape index (κ3) is 15.6. The highest BCUT2D eigenvalue weighted by Crippen LogP contribution is 2.17. The molecule has 0 spiro atoms. The number of unbranched alkanes of at least 4 members (excludes halogenated alkanes) is 8. The number of amides is 4. The first kappa shape index (κ1) is 43.7. The summed E-state index contributed by atoms with van der Waals surface area (Å²) in [6.07, 6.45) is 10.9. The van der Waals surface area contributed by atoms with Crippen molar-refractivity contribution in [2.24, 2.45) is 5.73 Å². The molecule has 3 atom stereocenters. The van der Waals surface area contributed by atoms with Crippen LogP contribution in [0.25, 0.3) is 0 Å². The van der Waals surface area contributed by atoms with E-state index >= 15 is 0 Å². The van der Waals surface area contributed by atoms with Crippen molar-refractivity contribution >= 4 is 23.6 Å². The molecule has 8 N–H and O–H groups in total. The summed E-state index contributed by atoms with van der Waals surface area (Å²) in [7, 11) is 0. The first-order chi connectivity index (χ1) is 27.5. The monoisotopic (exact) mass is 780 g/mol. The van der Waals surface area contributed by atoms with Crippen LogP contribution < -0.4 is 26.4 Å². The zero-order valence-electron chi connectivity index (χ0n) is 32.6. The van der Waals surface area contributed by atoms with Crippen molar-refractivity contribution in [2.75, 3.05) is 6.61 Å². The fourth-order valence-corrected chi connectivity index (χ4v) is 6.34. The summed E-state index contributed by atoms with van der Waals surface area (Å²) in [5.74, 6) is -1.99. The number of ether oxygens (including phenoxy) is 1. The van der Waals surface area contributed by atoms with Gasteiger partial charge in [-0.2, -0.15) is 0 Å². The van der Waals surface area contributed by atoms with Gasteiger partial charge >= 0.3 is 0 Å². The number of hydrogen-bond acceptors (Lipinski definition) is 8. The molecule has 0 saturated heterocycles. The lowest BCUT2D eigenvalue weighted by Gasteiger charge is -2.25. The highest BCUT2D eigenvalue weighted by atomic mass is 16.5. The molecule has 304 valence electrons. The summed E-state index contributed by atoms with van der Waals surface area (Å²) in [6.45, 7) is 2.80. The molecule has 57 heavy (non-hydrogen) atoms. The van der Waals surface area contributed by atoms with Crippen LogP contribution in [0.15, 0.2) is 97.1 Å². The first-order valence-electron chi connectivity index (χ1n) is 19.8. The van der Waals surface area contributed by atoms with Crippen LogP contribution in [-0.2, 0) is 33.6 Å². The van der Waals surface area contributed by atoms with Crippen LogP contribution >= 0.6 is 0 Å². The van der Waals surface area contributed by atoms with E-state index in [9.17, 15) is 34.5 Å². The zero-order chi connectivity index (χ0) is 41.0. The van der Waals surface area contributed by atoms with Crippen molar-refractivity contribution < 1.29 is 39.2 Å². The second-order valence-corrected chi connectivity index (χ2v) is 14.4. The number of nitrogens with one attached hydrogen (secondary N) is 3. The summed E-state index contributed by atoms with van der Waals surface area (Å²) in [5.41, 5.74) is 7.83. The molecule has 0 radical (unpaired) electrons. The minimum atomic E-state index is -1.23. The van der Waals surface area contributed by atoms with Gasteiger partial charge in [0.25, 0.3) is 5.91 Å². The van der Waals surface area contributed by atoms with Gasteiger partial charge in [-0.25, -0.2) is 0 Å². The molecule has 0 aliphatic carbocycles. The van der Waals surface area contributed by atoms with Gasteiger partial charge < -0.3 is 41.7 Å². The Morgan fingerprint density at radius 2 is 0.912 bits per heavy atom. The molecule has 0 unspecified atom stereocenters. The highest BCUT2D eigenvalue weighted by molar-refractivity contribution is 5.99. The summed E-state index contributed by atoms with van der Waals surface area (Å²) in [6, 6.07) is 21.5. The Bertz CT molecular complexity index is 1850. The number of carbonyl (C=O) groups is 4. The van der Waals surface area contributed by atoms with Gasteiger partial charge in [-0.15, -0.1) is 0 Å². The smallest absolute Gasteiger partial charge is 0.251 e. The van der Waals surface area contributed by atoms with E-state index in [-0.39, 0.29) is 36.5 Å². The Morgan fingerprint density at radius 1 is 0.526 bits per heavy atom. The van der Waals surface area contributed by atoms with Gasteiger partial charge in [0, 0.05) is 24.8 Å². The summed E-state index contributed by atoms with van der Waals surface area (Å²) in [4.78, 5) is 54.0. The molecule has 4 amide bonds. The van der Waals surface area contributed by atoms with Crippen LogP contribution in [0.1, 0.15) is 91.8 Å². The fourth-order valence-electron chi connectivity index (χ4n) is 6.34. The van der Waals surface area contributed by atoms with Gasteiger partial charge in [-0.3, -0.25) is 19.2 Å². The first-order valence-corrected chi connectivity index (χ1v) is 19.8. The van der Waals surface area contributed by atoms with Crippen LogP contribution in [0.5, 0.6) is 23.0 Å². The average molecular weight is 781 g/mol. The molecule has 4 aromatic carbocycles. The number of primary amides is 1. The van der Waals surface area contributed by atoms with Gasteiger partial charge in [0.05, 0.1) is 6.61 Å². The van der Waals surface area contributed by atoms with Crippen molar-refractivity contribution in [1.82, 2.24) is 16.0 Å². The normalized spacial score (nSPS) is 12.5. The fraction of sp³-hybridized carbons (Fsp3) is 0.378. The van der Waals surface area contributed by atoms with E-state index in [4.69, 9.17) is 10.5 Å². The lowest BCUT2D eigenvalue weighted by molar-refractivity contribution is -0.131. The van der Waals surface area contributed by atoms with E-state index in [1.165, 1.54) is 81.3 Å². The molecule has 0 fully saturated rings. The van der Waals surface area contributed by atoms with E-state index in [1.54, 1.807) is 60.7 Å². The largest absolute Gasteiger partial charge is 0.508 e. The molecule has 4 aromatic rings. The summed E-state index contributed by atoms with van der Waals surface area (Å²) >= 11 is 0. The van der Waals surface area contributed by atoms with E-state index < -0.39 is 41.8 Å². The summed E-state index contributed by atoms with van der Waals surface area (Å²) in [5, 5.41) is 37.5. The molecule has 0 aliphatic heterocycles. The maximum atomic E-state index is 14.1. The molecule has 0 bridgehead atoms. The van der Waals surface area contributed by atoms with Gasteiger partial charge in [0.2, 0.25) is 17.7 Å². The quantitative estimate of drug-likeness (QED) is 0.0420. The molecule has 0 aliphatic rings. The van der Waals surface area contributed by atoms with Gasteiger partial charge in [0.1, 0.15) is 41.1 Å². The second-order valence-electron chi connectivity index (χ2n) is 14.4. The second kappa shape index (κ2) is 23.1. The maximum absolute atomic E-state index is 14.1. The number of hydrogen-bond donors (Lipinski definition) is 7. The number of phenols is 3. The van der Waals surface area contributed by atoms with E-state index in [0.29, 0.717) is 34.6 Å². The molecule has 12 heteroatoms. The maximum Gasteiger partial charge on any atom is 0.251 e. The molecule has 0 heterocycles. The Balaban J connectivity index is 1.44. The van der Waals surface area contributed by atoms with Crippen LogP contribution in [-0.4, -0.2) is 63.7 Å². The average Bonchev–Trinajstić information content (AvgIpc) is 3.20. The van der Waals surface area contributed by atoms with Crippen LogP contribution in [0.3, 0.4) is 0 Å². The Hall–Kier alpha value is -6.04. The number of phenolic OH excluding ortho intramolecular Hbond substituents is 3. The van der Waals surface area contributed by atoms with Gasteiger partial charge in [0.15, 0.2) is 0 Å². The van der Waals surface area contributed by atoms with E-state index in [2.05, 4.69) is 22.9 Å². The molecule has 4 rings (SSSR count). The number of rotatable bonds is 24. The van der Waals surface area contributed by atoms with Gasteiger partial charge in [-0.05, 0) is 83.8 Å². The Kier molecular flexibility index (Phi) is 17.7. The van der Waals surface area contributed by atoms with Crippen molar-refractivity contribution in [1.29, 1.82) is 0 Å². The molecule has 12 nitrogen and oxygen atoms in total. The number of carbonyl (C=O) groups excluding carboxylic acids is 4. The summed E-state index contributed by atoms with van der Waals surface area (Å²) < 4.78 is 5.90. The molecule has 0 saturated carbocycles. The number of aromatic hydroxyl groups is 3. The minimum absolute atomic E-state index is 0.0153. The van der Waals surface area contributed by atoms with Crippen molar-refractivity contribution in [2.45, 2.75) is 102 Å².